The molecular formula is C15H23IN6O. The van der Waals surface area contributed by atoms with Gasteiger partial charge >= 0.3 is 0 Å². The van der Waals surface area contributed by atoms with E-state index in [-0.39, 0.29) is 24.0 Å². The summed E-state index contributed by atoms with van der Waals surface area (Å²) >= 11 is 0. The van der Waals surface area contributed by atoms with Crippen LogP contribution in [0.25, 0.3) is 11.4 Å². The summed E-state index contributed by atoms with van der Waals surface area (Å²) in [6.45, 7) is 4.81. The van der Waals surface area contributed by atoms with Crippen LogP contribution in [0, 0.1) is 0 Å². The van der Waals surface area contributed by atoms with Gasteiger partial charge in [0.25, 0.3) is 0 Å². The summed E-state index contributed by atoms with van der Waals surface area (Å²) < 4.78 is 5.03. The Morgan fingerprint density at radius 1 is 1.35 bits per heavy atom. The number of nitrogens with one attached hydrogen (secondary N) is 3. The zero-order valence-electron chi connectivity index (χ0n) is 13.4. The van der Waals surface area contributed by atoms with Crippen molar-refractivity contribution < 1.29 is 4.74 Å². The van der Waals surface area contributed by atoms with E-state index in [0.29, 0.717) is 13.2 Å². The van der Waals surface area contributed by atoms with Gasteiger partial charge in [-0.15, -0.1) is 24.0 Å². The molecule has 126 valence electrons. The zero-order chi connectivity index (χ0) is 15.6. The van der Waals surface area contributed by atoms with Crippen LogP contribution in [0.15, 0.2) is 35.6 Å². The number of aromatic nitrogens is 3. The standard InChI is InChI=1S/C15H22N6O.HI/c1-3-16-15(17-7-8-22-2)18-10-12-5-4-6-13(9-12)14-19-11-20-21-14;/h4-6,9,11H,3,7-8,10H2,1-2H3,(H2,16,17,18)(H,19,20,21);1H. The maximum atomic E-state index is 5.03. The molecule has 0 aliphatic rings. The molecule has 0 amide bonds. The second-order valence-electron chi connectivity index (χ2n) is 4.65. The van der Waals surface area contributed by atoms with E-state index in [1.807, 2.05) is 25.1 Å². The lowest BCUT2D eigenvalue weighted by atomic mass is 10.1. The number of H-pyrrole nitrogens is 1. The smallest absolute Gasteiger partial charge is 0.191 e. The minimum absolute atomic E-state index is 0. The van der Waals surface area contributed by atoms with Crippen molar-refractivity contribution in [2.45, 2.75) is 13.5 Å². The van der Waals surface area contributed by atoms with E-state index >= 15 is 0 Å². The van der Waals surface area contributed by atoms with E-state index < -0.39 is 0 Å². The van der Waals surface area contributed by atoms with Crippen molar-refractivity contribution in [2.24, 2.45) is 4.99 Å². The van der Waals surface area contributed by atoms with Crippen LogP contribution >= 0.6 is 24.0 Å². The number of nitrogens with zero attached hydrogens (tertiary/aromatic N) is 3. The Bertz CT molecular complexity index is 587. The molecule has 0 bridgehead atoms. The second-order valence-corrected chi connectivity index (χ2v) is 4.65. The van der Waals surface area contributed by atoms with Crippen LogP contribution in [0.3, 0.4) is 0 Å². The van der Waals surface area contributed by atoms with E-state index in [0.717, 1.165) is 36.0 Å². The van der Waals surface area contributed by atoms with Crippen LogP contribution in [0.5, 0.6) is 0 Å². The van der Waals surface area contributed by atoms with Crippen LogP contribution in [0.4, 0.5) is 0 Å². The van der Waals surface area contributed by atoms with Gasteiger partial charge in [-0.2, -0.15) is 5.10 Å². The number of guanidine groups is 1. The Balaban J connectivity index is 0.00000264. The molecule has 1 aromatic carbocycles. The molecule has 0 aliphatic heterocycles. The number of halogens is 1. The van der Waals surface area contributed by atoms with Crippen molar-refractivity contribution in [3.05, 3.63) is 36.2 Å². The van der Waals surface area contributed by atoms with E-state index in [4.69, 9.17) is 4.74 Å². The first-order valence-electron chi connectivity index (χ1n) is 7.29. The van der Waals surface area contributed by atoms with Crippen LogP contribution in [0.1, 0.15) is 12.5 Å². The summed E-state index contributed by atoms with van der Waals surface area (Å²) in [4.78, 5) is 8.73. The third-order valence-electron chi connectivity index (χ3n) is 2.98. The summed E-state index contributed by atoms with van der Waals surface area (Å²) in [5.41, 5.74) is 2.11. The predicted octanol–water partition coefficient (Wildman–Crippen LogP) is 1.79. The summed E-state index contributed by atoms with van der Waals surface area (Å²) in [7, 11) is 1.68. The van der Waals surface area contributed by atoms with E-state index in [9.17, 15) is 0 Å². The molecular weight excluding hydrogens is 407 g/mol. The number of methoxy groups -OCH3 is 1. The number of aliphatic imine (C=N–C) groups is 1. The fourth-order valence-corrected chi connectivity index (χ4v) is 1.95. The van der Waals surface area contributed by atoms with Gasteiger partial charge in [0.1, 0.15) is 6.33 Å². The van der Waals surface area contributed by atoms with Crippen molar-refractivity contribution >= 4 is 29.9 Å². The monoisotopic (exact) mass is 430 g/mol. The van der Waals surface area contributed by atoms with Crippen LogP contribution in [0.2, 0.25) is 0 Å². The lowest BCUT2D eigenvalue weighted by Crippen LogP contribution is -2.38. The molecule has 2 rings (SSSR count). The molecule has 0 saturated heterocycles. The first-order chi connectivity index (χ1) is 10.8. The molecule has 23 heavy (non-hydrogen) atoms. The van der Waals surface area contributed by atoms with Gasteiger partial charge < -0.3 is 15.4 Å². The van der Waals surface area contributed by atoms with Crippen molar-refractivity contribution in [3.8, 4) is 11.4 Å². The largest absolute Gasteiger partial charge is 0.383 e. The molecule has 0 atom stereocenters. The minimum Gasteiger partial charge on any atom is -0.383 e. The van der Waals surface area contributed by atoms with Crippen molar-refractivity contribution in [2.75, 3.05) is 26.8 Å². The van der Waals surface area contributed by atoms with E-state index in [1.54, 1.807) is 7.11 Å². The van der Waals surface area contributed by atoms with Gasteiger partial charge in [-0.1, -0.05) is 18.2 Å². The molecule has 0 fully saturated rings. The third kappa shape index (κ3) is 6.53. The van der Waals surface area contributed by atoms with Gasteiger partial charge in [-0.25, -0.2) is 9.98 Å². The minimum atomic E-state index is 0. The molecule has 0 unspecified atom stereocenters. The third-order valence-corrected chi connectivity index (χ3v) is 2.98. The first-order valence-corrected chi connectivity index (χ1v) is 7.29. The van der Waals surface area contributed by atoms with Gasteiger partial charge in [-0.05, 0) is 18.6 Å². The lowest BCUT2D eigenvalue weighted by molar-refractivity contribution is 0.203. The average molecular weight is 430 g/mol. The number of hydrogen-bond donors (Lipinski definition) is 3. The highest BCUT2D eigenvalue weighted by molar-refractivity contribution is 14.0. The summed E-state index contributed by atoms with van der Waals surface area (Å²) in [5, 5.41) is 13.2. The van der Waals surface area contributed by atoms with Gasteiger partial charge in [0.05, 0.1) is 13.2 Å². The van der Waals surface area contributed by atoms with Gasteiger partial charge in [0.15, 0.2) is 11.8 Å². The fraction of sp³-hybridized carbons (Fsp3) is 0.400. The summed E-state index contributed by atoms with van der Waals surface area (Å²) in [6, 6.07) is 8.09. The molecule has 0 radical (unpaired) electrons. The number of aromatic amines is 1. The second kappa shape index (κ2) is 10.9. The van der Waals surface area contributed by atoms with Crippen molar-refractivity contribution in [3.63, 3.8) is 0 Å². The fourth-order valence-electron chi connectivity index (χ4n) is 1.95. The molecule has 3 N–H and O–H groups in total. The molecule has 0 spiro atoms. The molecule has 1 aromatic heterocycles. The summed E-state index contributed by atoms with van der Waals surface area (Å²) in [5.74, 6) is 1.54. The Hall–Kier alpha value is -1.68. The van der Waals surface area contributed by atoms with Gasteiger partial charge in [0, 0.05) is 25.8 Å². The summed E-state index contributed by atoms with van der Waals surface area (Å²) in [6.07, 6.45) is 1.50. The Labute approximate surface area is 153 Å². The first kappa shape index (κ1) is 19.4. The number of benzene rings is 1. The molecule has 0 aliphatic carbocycles. The number of rotatable bonds is 7. The van der Waals surface area contributed by atoms with Crippen LogP contribution in [-0.2, 0) is 11.3 Å². The van der Waals surface area contributed by atoms with Crippen molar-refractivity contribution in [1.29, 1.82) is 0 Å². The highest BCUT2D eigenvalue weighted by Gasteiger charge is 2.02. The number of hydrogen-bond acceptors (Lipinski definition) is 4. The van der Waals surface area contributed by atoms with E-state index in [1.165, 1.54) is 6.33 Å². The maximum Gasteiger partial charge on any atom is 0.191 e. The lowest BCUT2D eigenvalue weighted by Gasteiger charge is -2.10. The topological polar surface area (TPSA) is 87.2 Å². The maximum absolute atomic E-state index is 5.03. The Morgan fingerprint density at radius 2 is 2.22 bits per heavy atom. The highest BCUT2D eigenvalue weighted by Crippen LogP contribution is 2.15. The predicted molar refractivity (Wildman–Crippen MR) is 102 cm³/mol. The highest BCUT2D eigenvalue weighted by atomic mass is 127. The Morgan fingerprint density at radius 3 is 2.91 bits per heavy atom. The molecule has 8 heteroatoms. The van der Waals surface area contributed by atoms with Gasteiger partial charge in [0.2, 0.25) is 0 Å². The molecule has 2 aromatic rings. The zero-order valence-corrected chi connectivity index (χ0v) is 15.7. The molecule has 7 nitrogen and oxygen atoms in total. The SMILES string of the molecule is CCNC(=NCc1cccc(-c2ncn[nH]2)c1)NCCOC.I. The average Bonchev–Trinajstić information content (AvgIpc) is 3.07. The van der Waals surface area contributed by atoms with E-state index in [2.05, 4.69) is 36.9 Å². The van der Waals surface area contributed by atoms with Crippen molar-refractivity contribution in [1.82, 2.24) is 25.8 Å². The quantitative estimate of drug-likeness (QED) is 0.270. The van der Waals surface area contributed by atoms with Gasteiger partial charge in [-0.3, -0.25) is 5.10 Å². The van der Waals surface area contributed by atoms with Crippen LogP contribution < -0.4 is 10.6 Å². The number of ether oxygens (including phenoxy) is 1. The Kier molecular flexibility index (Phi) is 9.22. The van der Waals surface area contributed by atoms with Crippen LogP contribution in [-0.4, -0.2) is 47.9 Å². The normalized spacial score (nSPS) is 11.0. The molecule has 0 saturated carbocycles. The molecule has 1 heterocycles.